The monoisotopic (exact) mass is 212 g/mol. The molecule has 0 aromatic carbocycles. The van der Waals surface area contributed by atoms with Crippen molar-refractivity contribution >= 4 is 5.97 Å². The van der Waals surface area contributed by atoms with Crippen molar-refractivity contribution in [2.45, 2.75) is 58.8 Å². The van der Waals surface area contributed by atoms with Crippen molar-refractivity contribution in [3.63, 3.8) is 0 Å². The van der Waals surface area contributed by atoms with Crippen LogP contribution in [0.25, 0.3) is 0 Å². The molecule has 0 aliphatic rings. The molecule has 2 heteroatoms. The maximum absolute atomic E-state index is 10.8. The highest BCUT2D eigenvalue weighted by molar-refractivity contribution is 5.68. The molecule has 0 unspecified atom stereocenters. The molecule has 0 heterocycles. The molecule has 0 fully saturated rings. The zero-order valence-electron chi connectivity index (χ0n) is 10.1. The molecule has 0 aliphatic carbocycles. The van der Waals surface area contributed by atoms with Crippen molar-refractivity contribution < 1.29 is 9.53 Å². The highest BCUT2D eigenvalue weighted by Gasteiger charge is 1.96. The Bertz CT molecular complexity index is 173. The number of allylic oxidation sites excluding steroid dienone is 2. The summed E-state index contributed by atoms with van der Waals surface area (Å²) < 4.78 is 4.98. The highest BCUT2D eigenvalue weighted by Crippen LogP contribution is 2.04. The van der Waals surface area contributed by atoms with E-state index >= 15 is 0 Å². The fraction of sp³-hybridized carbons (Fsp3) is 0.769. The summed E-state index contributed by atoms with van der Waals surface area (Å²) >= 11 is 0. The lowest BCUT2D eigenvalue weighted by Gasteiger charge is -2.02. The Labute approximate surface area is 93.7 Å². The smallest absolute Gasteiger partial charge is 0.305 e. The van der Waals surface area contributed by atoms with E-state index < -0.39 is 0 Å². The van der Waals surface area contributed by atoms with Gasteiger partial charge in [-0.3, -0.25) is 4.79 Å². The zero-order chi connectivity index (χ0) is 11.4. The Kier molecular flexibility index (Phi) is 10.7. The first kappa shape index (κ1) is 14.2. The van der Waals surface area contributed by atoms with Crippen LogP contribution in [-0.2, 0) is 9.53 Å². The second-order valence-electron chi connectivity index (χ2n) is 3.66. The van der Waals surface area contributed by atoms with Gasteiger partial charge in [0.05, 0.1) is 6.61 Å². The molecular formula is C13H24O2. The molecule has 0 amide bonds. The maximum atomic E-state index is 10.8. The third-order valence-corrected chi connectivity index (χ3v) is 2.22. The van der Waals surface area contributed by atoms with Crippen LogP contribution in [0.4, 0.5) is 0 Å². The van der Waals surface area contributed by atoms with Gasteiger partial charge in [0.1, 0.15) is 0 Å². The van der Waals surface area contributed by atoms with Crippen molar-refractivity contribution in [2.75, 3.05) is 6.61 Å². The lowest BCUT2D eigenvalue weighted by atomic mass is 10.1. The first-order valence-electron chi connectivity index (χ1n) is 6.11. The minimum atomic E-state index is -0.0825. The van der Waals surface area contributed by atoms with Crippen LogP contribution in [0.5, 0.6) is 0 Å². The second kappa shape index (κ2) is 11.3. The zero-order valence-corrected chi connectivity index (χ0v) is 10.1. The average molecular weight is 212 g/mol. The van der Waals surface area contributed by atoms with Crippen LogP contribution in [0.1, 0.15) is 58.8 Å². The molecule has 0 radical (unpaired) electrons. The van der Waals surface area contributed by atoms with Crippen LogP contribution in [-0.4, -0.2) is 12.6 Å². The van der Waals surface area contributed by atoms with Crippen molar-refractivity contribution in [1.29, 1.82) is 0 Å². The Morgan fingerprint density at radius 1 is 1.07 bits per heavy atom. The topological polar surface area (TPSA) is 26.3 Å². The quantitative estimate of drug-likeness (QED) is 0.329. The van der Waals surface area contributed by atoms with Gasteiger partial charge in [-0.1, -0.05) is 38.8 Å². The summed E-state index contributed by atoms with van der Waals surface area (Å²) in [6, 6.07) is 0. The predicted octanol–water partition coefficient (Wildman–Crippen LogP) is 3.86. The van der Waals surface area contributed by atoms with E-state index in [2.05, 4.69) is 19.1 Å². The summed E-state index contributed by atoms with van der Waals surface area (Å²) in [7, 11) is 0. The summed E-state index contributed by atoms with van der Waals surface area (Å²) in [6.07, 6.45) is 11.9. The van der Waals surface area contributed by atoms with Crippen molar-refractivity contribution in [2.24, 2.45) is 0 Å². The van der Waals surface area contributed by atoms with Gasteiger partial charge in [-0.05, 0) is 25.7 Å². The van der Waals surface area contributed by atoms with Gasteiger partial charge in [0, 0.05) is 6.42 Å². The highest BCUT2D eigenvalue weighted by atomic mass is 16.5. The fourth-order valence-corrected chi connectivity index (χ4v) is 1.29. The molecule has 0 aliphatic heterocycles. The van der Waals surface area contributed by atoms with E-state index in [1.165, 1.54) is 19.3 Å². The number of unbranched alkanes of at least 4 members (excludes halogenated alkanes) is 4. The maximum Gasteiger partial charge on any atom is 0.305 e. The molecule has 0 aromatic heterocycles. The molecule has 0 aromatic rings. The lowest BCUT2D eigenvalue weighted by molar-refractivity contribution is -0.143. The van der Waals surface area contributed by atoms with Crippen LogP contribution >= 0.6 is 0 Å². The Balaban J connectivity index is 3.05. The predicted molar refractivity (Wildman–Crippen MR) is 63.8 cm³/mol. The van der Waals surface area contributed by atoms with Gasteiger partial charge in [-0.2, -0.15) is 0 Å². The minimum absolute atomic E-state index is 0.0825. The van der Waals surface area contributed by atoms with Crippen LogP contribution in [0.3, 0.4) is 0 Å². The molecule has 0 spiro atoms. The standard InChI is InChI=1S/C13H24O2/c1-3-5-6-7-8-9-10-11-12-15-13(14)4-2/h5-6H,3-4,7-12H2,1-2H3/b6-5+. The molecule has 0 N–H and O–H groups in total. The van der Waals surface area contributed by atoms with Gasteiger partial charge in [-0.25, -0.2) is 0 Å². The van der Waals surface area contributed by atoms with E-state index in [4.69, 9.17) is 4.74 Å². The van der Waals surface area contributed by atoms with E-state index in [9.17, 15) is 4.79 Å². The number of esters is 1. The fourth-order valence-electron chi connectivity index (χ4n) is 1.29. The average Bonchev–Trinajstić information content (AvgIpc) is 2.26. The van der Waals surface area contributed by atoms with Gasteiger partial charge >= 0.3 is 5.97 Å². The SMILES string of the molecule is CC/C=C/CCCCCCOC(=O)CC. The molecule has 88 valence electrons. The van der Waals surface area contributed by atoms with E-state index in [1.54, 1.807) is 0 Å². The third kappa shape index (κ3) is 11.1. The summed E-state index contributed by atoms with van der Waals surface area (Å²) in [6.45, 7) is 4.57. The summed E-state index contributed by atoms with van der Waals surface area (Å²) in [4.78, 5) is 10.8. The van der Waals surface area contributed by atoms with Crippen molar-refractivity contribution in [3.8, 4) is 0 Å². The van der Waals surface area contributed by atoms with E-state index in [0.29, 0.717) is 13.0 Å². The number of ether oxygens (including phenoxy) is 1. The van der Waals surface area contributed by atoms with Gasteiger partial charge in [0.15, 0.2) is 0 Å². The molecular weight excluding hydrogens is 188 g/mol. The lowest BCUT2D eigenvalue weighted by Crippen LogP contribution is -2.03. The van der Waals surface area contributed by atoms with E-state index in [-0.39, 0.29) is 5.97 Å². The summed E-state index contributed by atoms with van der Waals surface area (Å²) in [5.41, 5.74) is 0. The van der Waals surface area contributed by atoms with Crippen LogP contribution in [0, 0.1) is 0 Å². The second-order valence-corrected chi connectivity index (χ2v) is 3.66. The van der Waals surface area contributed by atoms with E-state index in [1.807, 2.05) is 6.92 Å². The Morgan fingerprint density at radius 3 is 2.47 bits per heavy atom. The first-order valence-corrected chi connectivity index (χ1v) is 6.11. The molecule has 0 rings (SSSR count). The van der Waals surface area contributed by atoms with Crippen molar-refractivity contribution in [3.05, 3.63) is 12.2 Å². The van der Waals surface area contributed by atoms with Crippen LogP contribution in [0.15, 0.2) is 12.2 Å². The number of carbonyl (C=O) groups excluding carboxylic acids is 1. The van der Waals surface area contributed by atoms with Crippen LogP contribution < -0.4 is 0 Å². The van der Waals surface area contributed by atoms with Gasteiger partial charge in [0.25, 0.3) is 0 Å². The Morgan fingerprint density at radius 2 is 1.80 bits per heavy atom. The van der Waals surface area contributed by atoms with E-state index in [0.717, 1.165) is 19.3 Å². The number of hydrogen-bond donors (Lipinski definition) is 0. The van der Waals surface area contributed by atoms with Gasteiger partial charge in [-0.15, -0.1) is 0 Å². The van der Waals surface area contributed by atoms with Gasteiger partial charge in [0.2, 0.25) is 0 Å². The summed E-state index contributed by atoms with van der Waals surface area (Å²) in [5.74, 6) is -0.0825. The van der Waals surface area contributed by atoms with Crippen molar-refractivity contribution in [1.82, 2.24) is 0 Å². The Hall–Kier alpha value is -0.790. The minimum Gasteiger partial charge on any atom is -0.466 e. The largest absolute Gasteiger partial charge is 0.466 e. The number of carbonyl (C=O) groups is 1. The van der Waals surface area contributed by atoms with Gasteiger partial charge < -0.3 is 4.74 Å². The molecule has 0 atom stereocenters. The first-order chi connectivity index (χ1) is 7.31. The molecule has 2 nitrogen and oxygen atoms in total. The third-order valence-electron chi connectivity index (χ3n) is 2.22. The number of hydrogen-bond acceptors (Lipinski definition) is 2. The number of rotatable bonds is 9. The normalized spacial score (nSPS) is 10.8. The molecule has 0 saturated carbocycles. The summed E-state index contributed by atoms with van der Waals surface area (Å²) in [5, 5.41) is 0. The molecule has 0 saturated heterocycles. The molecule has 0 bridgehead atoms. The van der Waals surface area contributed by atoms with Crippen LogP contribution in [0.2, 0.25) is 0 Å². The molecule has 15 heavy (non-hydrogen) atoms.